The fourth-order valence-electron chi connectivity index (χ4n) is 9.24. The van der Waals surface area contributed by atoms with Gasteiger partial charge < -0.3 is 14.9 Å². The van der Waals surface area contributed by atoms with Crippen LogP contribution in [-0.2, 0) is 19.1 Å². The summed E-state index contributed by atoms with van der Waals surface area (Å²) < 4.78 is 6.59. The molecule has 0 aromatic rings. The average molecular weight is 499 g/mol. The summed E-state index contributed by atoms with van der Waals surface area (Å²) in [6.45, 7) is 15.5. The Morgan fingerprint density at radius 2 is 1.69 bits per heavy atom. The number of carbonyl (C=O) groups excluding carboxylic acids is 3. The molecule has 5 rings (SSSR count). The fourth-order valence-corrected chi connectivity index (χ4v) is 9.24. The Morgan fingerprint density at radius 1 is 1.06 bits per heavy atom. The number of aliphatic hydroxyl groups is 2. The molecule has 4 aliphatic carbocycles. The summed E-state index contributed by atoms with van der Waals surface area (Å²) in [5, 5.41) is 21.4. The maximum atomic E-state index is 14.3. The van der Waals surface area contributed by atoms with Crippen LogP contribution in [0.25, 0.3) is 0 Å². The summed E-state index contributed by atoms with van der Waals surface area (Å²) in [5.74, 6) is -1.07. The van der Waals surface area contributed by atoms with Gasteiger partial charge in [-0.1, -0.05) is 39.3 Å². The standard InChI is InChI=1S/C30H42O6/c1-15-18(31)12-23(27(4,5)35)36-20-13-28(6)21-10-9-16-17(11-19(32)25(34)26(16,2)3)30(21,8)22(33)14-29(28,7)24(15)20/h9,11,15,17,20-21,23-24,32,35H,10,12-14H2,1-8H3/t15?,17?,20?,21?,23?,24?,28-,29+,30-/m0/s1. The Bertz CT molecular complexity index is 1110. The molecular formula is C30H42O6. The van der Waals surface area contributed by atoms with Crippen LogP contribution in [0.15, 0.2) is 23.5 Å². The van der Waals surface area contributed by atoms with E-state index < -0.39 is 27.9 Å². The van der Waals surface area contributed by atoms with Crippen LogP contribution in [0.4, 0.5) is 0 Å². The van der Waals surface area contributed by atoms with E-state index in [-0.39, 0.29) is 64.7 Å². The molecule has 0 bridgehead atoms. The van der Waals surface area contributed by atoms with Gasteiger partial charge in [-0.15, -0.1) is 0 Å². The van der Waals surface area contributed by atoms with Crippen molar-refractivity contribution < 1.29 is 29.3 Å². The van der Waals surface area contributed by atoms with Gasteiger partial charge in [-0.2, -0.15) is 0 Å². The predicted octanol–water partition coefficient (Wildman–Crippen LogP) is 4.74. The quantitative estimate of drug-likeness (QED) is 0.506. The van der Waals surface area contributed by atoms with E-state index in [1.165, 1.54) is 0 Å². The Labute approximate surface area is 214 Å². The van der Waals surface area contributed by atoms with Gasteiger partial charge in [0.2, 0.25) is 5.78 Å². The van der Waals surface area contributed by atoms with Crippen molar-refractivity contribution in [1.82, 2.24) is 0 Å². The molecule has 0 spiro atoms. The highest BCUT2D eigenvalue weighted by Gasteiger charge is 2.73. The zero-order valence-corrected chi connectivity index (χ0v) is 23.0. The SMILES string of the molecule is CC1C(=O)CC(C(C)(C)O)OC2C[C@@]3(C)C4CC=C5C(C=C(O)C(=O)C5(C)C)[C@]4(C)C(=O)C[C@]3(C)C21. The topological polar surface area (TPSA) is 101 Å². The number of carbonyl (C=O) groups is 3. The molecule has 1 heterocycles. The van der Waals surface area contributed by atoms with Crippen LogP contribution in [0.1, 0.15) is 81.1 Å². The summed E-state index contributed by atoms with van der Waals surface area (Å²) in [6.07, 6.45) is 4.84. The van der Waals surface area contributed by atoms with Gasteiger partial charge in [-0.3, -0.25) is 14.4 Å². The maximum Gasteiger partial charge on any atom is 0.206 e. The Kier molecular flexibility index (Phi) is 5.32. The first-order valence-corrected chi connectivity index (χ1v) is 13.5. The molecule has 0 aromatic heterocycles. The van der Waals surface area contributed by atoms with E-state index in [4.69, 9.17) is 4.74 Å². The lowest BCUT2D eigenvalue weighted by Crippen LogP contribution is -2.62. The Morgan fingerprint density at radius 3 is 2.31 bits per heavy atom. The van der Waals surface area contributed by atoms with E-state index in [1.807, 2.05) is 27.7 Å². The van der Waals surface area contributed by atoms with E-state index in [0.717, 1.165) is 5.57 Å². The van der Waals surface area contributed by atoms with Crippen LogP contribution in [0.2, 0.25) is 0 Å². The predicted molar refractivity (Wildman–Crippen MR) is 135 cm³/mol. The molecule has 6 unspecified atom stereocenters. The number of allylic oxidation sites excluding steroid dienone is 4. The highest BCUT2D eigenvalue weighted by Crippen LogP contribution is 2.74. The molecule has 2 saturated carbocycles. The van der Waals surface area contributed by atoms with Crippen LogP contribution >= 0.6 is 0 Å². The van der Waals surface area contributed by atoms with Gasteiger partial charge in [-0.05, 0) is 63.4 Å². The minimum absolute atomic E-state index is 0.0310. The van der Waals surface area contributed by atoms with Crippen molar-refractivity contribution in [2.24, 2.45) is 45.3 Å². The number of Topliss-reactive ketones (excluding diaryl/α,β-unsaturated/α-hetero) is 3. The second kappa shape index (κ2) is 7.41. The first-order chi connectivity index (χ1) is 16.4. The van der Waals surface area contributed by atoms with Crippen LogP contribution in [-0.4, -0.2) is 45.4 Å². The molecule has 5 aliphatic rings. The smallest absolute Gasteiger partial charge is 0.206 e. The number of rotatable bonds is 1. The van der Waals surface area contributed by atoms with Crippen LogP contribution in [0.5, 0.6) is 0 Å². The van der Waals surface area contributed by atoms with Crippen molar-refractivity contribution in [3.8, 4) is 0 Å². The van der Waals surface area contributed by atoms with E-state index >= 15 is 0 Å². The zero-order chi connectivity index (χ0) is 26.8. The Hall–Kier alpha value is -1.79. The maximum absolute atomic E-state index is 14.3. The number of hydrogen-bond acceptors (Lipinski definition) is 6. The summed E-state index contributed by atoms with van der Waals surface area (Å²) in [4.78, 5) is 40.4. The van der Waals surface area contributed by atoms with Gasteiger partial charge in [0.1, 0.15) is 11.6 Å². The van der Waals surface area contributed by atoms with Gasteiger partial charge in [0.05, 0.1) is 23.2 Å². The third-order valence-corrected chi connectivity index (χ3v) is 11.6. The third kappa shape index (κ3) is 3.00. The second-order valence-corrected chi connectivity index (χ2v) is 14.2. The third-order valence-electron chi connectivity index (χ3n) is 11.6. The highest BCUT2D eigenvalue weighted by atomic mass is 16.5. The summed E-state index contributed by atoms with van der Waals surface area (Å²) in [6, 6.07) is 0. The van der Waals surface area contributed by atoms with Gasteiger partial charge in [0.25, 0.3) is 0 Å². The summed E-state index contributed by atoms with van der Waals surface area (Å²) in [5.41, 5.74) is -2.59. The normalized spacial score (nSPS) is 48.2. The minimum atomic E-state index is -1.14. The molecule has 36 heavy (non-hydrogen) atoms. The molecule has 3 fully saturated rings. The van der Waals surface area contributed by atoms with Gasteiger partial charge in [-0.25, -0.2) is 0 Å². The van der Waals surface area contributed by atoms with Gasteiger partial charge in [0, 0.05) is 36.0 Å². The molecule has 6 heteroatoms. The van der Waals surface area contributed by atoms with Crippen molar-refractivity contribution >= 4 is 17.3 Å². The number of ether oxygens (including phenoxy) is 1. The van der Waals surface area contributed by atoms with E-state index in [2.05, 4.69) is 19.9 Å². The molecule has 1 saturated heterocycles. The number of ketones is 3. The number of aliphatic hydroxyl groups excluding tert-OH is 1. The largest absolute Gasteiger partial charge is 0.505 e. The van der Waals surface area contributed by atoms with Crippen molar-refractivity contribution in [1.29, 1.82) is 0 Å². The first-order valence-electron chi connectivity index (χ1n) is 13.5. The minimum Gasteiger partial charge on any atom is -0.505 e. The van der Waals surface area contributed by atoms with E-state index in [0.29, 0.717) is 19.3 Å². The molecule has 6 nitrogen and oxygen atoms in total. The van der Waals surface area contributed by atoms with Crippen LogP contribution in [0.3, 0.4) is 0 Å². The molecule has 0 radical (unpaired) electrons. The molecule has 198 valence electrons. The van der Waals surface area contributed by atoms with E-state index in [1.54, 1.807) is 19.9 Å². The highest BCUT2D eigenvalue weighted by molar-refractivity contribution is 6.02. The van der Waals surface area contributed by atoms with Gasteiger partial charge in [0.15, 0.2) is 5.76 Å². The lowest BCUT2D eigenvalue weighted by molar-refractivity contribution is -0.167. The first kappa shape index (κ1) is 25.8. The van der Waals surface area contributed by atoms with Crippen molar-refractivity contribution in [3.05, 3.63) is 23.5 Å². The number of fused-ring (bicyclic) bond motifs is 7. The lowest BCUT2D eigenvalue weighted by Gasteiger charge is -2.63. The average Bonchev–Trinajstić information content (AvgIpc) is 2.88. The molecule has 2 N–H and O–H groups in total. The second-order valence-electron chi connectivity index (χ2n) is 14.2. The van der Waals surface area contributed by atoms with Gasteiger partial charge >= 0.3 is 0 Å². The Balaban J connectivity index is 1.64. The number of hydrogen-bond donors (Lipinski definition) is 2. The molecule has 0 aromatic carbocycles. The molecule has 0 amide bonds. The zero-order valence-electron chi connectivity index (χ0n) is 23.0. The monoisotopic (exact) mass is 498 g/mol. The molecular weight excluding hydrogens is 456 g/mol. The summed E-state index contributed by atoms with van der Waals surface area (Å²) in [7, 11) is 0. The van der Waals surface area contributed by atoms with Crippen LogP contribution in [0, 0.1) is 45.3 Å². The van der Waals surface area contributed by atoms with Crippen LogP contribution < -0.4 is 0 Å². The molecule has 9 atom stereocenters. The van der Waals surface area contributed by atoms with Crippen molar-refractivity contribution in [2.45, 2.75) is 98.9 Å². The summed E-state index contributed by atoms with van der Waals surface area (Å²) >= 11 is 0. The lowest BCUT2D eigenvalue weighted by atomic mass is 9.39. The van der Waals surface area contributed by atoms with E-state index in [9.17, 15) is 24.6 Å². The fraction of sp³-hybridized carbons (Fsp3) is 0.767. The molecule has 1 aliphatic heterocycles. The van der Waals surface area contributed by atoms with Crippen molar-refractivity contribution in [2.75, 3.05) is 0 Å². The van der Waals surface area contributed by atoms with Crippen molar-refractivity contribution in [3.63, 3.8) is 0 Å².